The zero-order valence-corrected chi connectivity index (χ0v) is 22.5. The fraction of sp³-hybridized carbons (Fsp3) is 0.619. The summed E-state index contributed by atoms with van der Waals surface area (Å²) in [7, 11) is -3.89. The number of esters is 1. The fourth-order valence-corrected chi connectivity index (χ4v) is 4.67. The number of carbonyl (C=O) groups is 1. The Hall–Kier alpha value is -2.55. The largest absolute Gasteiger partial charge is 0.516 e. The van der Waals surface area contributed by atoms with Crippen LogP contribution in [0.1, 0.15) is 53.0 Å². The van der Waals surface area contributed by atoms with E-state index in [0.29, 0.717) is 12.1 Å². The molecule has 0 bridgehead atoms. The van der Waals surface area contributed by atoms with Crippen LogP contribution in [0.25, 0.3) is 0 Å². The highest BCUT2D eigenvalue weighted by atomic mass is 32.2. The monoisotopic (exact) mass is 552 g/mol. The first kappa shape index (κ1) is 29.7. The molecule has 0 spiro atoms. The van der Waals surface area contributed by atoms with E-state index in [2.05, 4.69) is 15.3 Å². The molecule has 202 valence electrons. The number of nitrogens with two attached hydrogens (primary N) is 1. The van der Waals surface area contributed by atoms with E-state index < -0.39 is 32.5 Å². The third-order valence-corrected chi connectivity index (χ3v) is 7.22. The van der Waals surface area contributed by atoms with Crippen molar-refractivity contribution in [1.29, 1.82) is 0 Å². The number of thioether (sulfide) groups is 1. The van der Waals surface area contributed by atoms with Gasteiger partial charge in [0.25, 0.3) is 0 Å². The number of ether oxygens (including phenoxy) is 1. The molecule has 1 aliphatic rings. The minimum atomic E-state index is -5.70. The molecular formula is C21H31F3N6O4S2. The van der Waals surface area contributed by atoms with Gasteiger partial charge in [0.05, 0.1) is 5.69 Å². The predicted octanol–water partition coefficient (Wildman–Crippen LogP) is 4.89. The van der Waals surface area contributed by atoms with Gasteiger partial charge in [0.2, 0.25) is 5.04 Å². The summed E-state index contributed by atoms with van der Waals surface area (Å²) >= 11 is 0.832. The van der Waals surface area contributed by atoms with Crippen LogP contribution in [-0.4, -0.2) is 49.0 Å². The van der Waals surface area contributed by atoms with E-state index in [0.717, 1.165) is 30.2 Å². The first-order chi connectivity index (χ1) is 16.5. The van der Waals surface area contributed by atoms with Crippen LogP contribution in [0.5, 0.6) is 0 Å². The van der Waals surface area contributed by atoms with Gasteiger partial charge < -0.3 is 15.5 Å². The number of halogens is 3. The lowest BCUT2D eigenvalue weighted by Crippen LogP contribution is -2.35. The lowest BCUT2D eigenvalue weighted by molar-refractivity contribution is -0.145. The van der Waals surface area contributed by atoms with Gasteiger partial charge in [-0.25, -0.2) is 4.79 Å². The second kappa shape index (κ2) is 11.2. The van der Waals surface area contributed by atoms with Crippen molar-refractivity contribution in [2.45, 2.75) is 76.4 Å². The molecule has 0 radical (unpaired) electrons. The number of sulfonamides is 1. The average Bonchev–Trinajstić information content (AvgIpc) is 2.74. The highest BCUT2D eigenvalue weighted by molar-refractivity contribution is 8.16. The molecule has 2 unspecified atom stereocenters. The molecule has 2 rings (SSSR count). The molecule has 2 atom stereocenters. The Morgan fingerprint density at radius 3 is 2.50 bits per heavy atom. The summed E-state index contributed by atoms with van der Waals surface area (Å²) in [5.74, 6) is 4.53. The van der Waals surface area contributed by atoms with Crippen LogP contribution in [0.15, 0.2) is 27.5 Å². The minimum absolute atomic E-state index is 0.0964. The number of aryl methyl sites for hydroxylation is 1. The van der Waals surface area contributed by atoms with Gasteiger partial charge in [-0.05, 0) is 64.7 Å². The summed E-state index contributed by atoms with van der Waals surface area (Å²) in [6.45, 7) is 8.57. The number of hydrogen-bond donors (Lipinski definition) is 2. The molecule has 15 heteroatoms. The number of hydrogen-bond acceptors (Lipinski definition) is 10. The van der Waals surface area contributed by atoms with Crippen molar-refractivity contribution < 1.29 is 31.1 Å². The van der Waals surface area contributed by atoms with Crippen molar-refractivity contribution in [3.63, 3.8) is 0 Å². The van der Waals surface area contributed by atoms with E-state index in [1.807, 2.05) is 11.8 Å². The van der Waals surface area contributed by atoms with Crippen molar-refractivity contribution in [3.8, 4) is 0 Å². The third-order valence-electron chi connectivity index (χ3n) is 5.19. The third kappa shape index (κ3) is 7.48. The standard InChI is InChI=1S/C21H31F3N6O4S2/c1-7-14-9-8-13-10-15(16(11-17(13)30(14)6)29-36(32,33)21(22,23)24)28-27-12(2)35-18(26-25)19(31)34-20(3,4)5/h10-12,14,29H,7-9,25H2,1-6H3/b26-18-,28-27?. The van der Waals surface area contributed by atoms with Crippen LogP contribution >= 0.6 is 11.8 Å². The van der Waals surface area contributed by atoms with Crippen LogP contribution in [0.3, 0.4) is 0 Å². The lowest BCUT2D eigenvalue weighted by atomic mass is 9.94. The molecule has 0 fully saturated rings. The fourth-order valence-electron chi connectivity index (χ4n) is 3.49. The molecule has 1 aliphatic heterocycles. The predicted molar refractivity (Wildman–Crippen MR) is 135 cm³/mol. The van der Waals surface area contributed by atoms with E-state index in [9.17, 15) is 26.4 Å². The molecule has 1 aromatic carbocycles. The van der Waals surface area contributed by atoms with Crippen molar-refractivity contribution in [2.75, 3.05) is 16.7 Å². The van der Waals surface area contributed by atoms with E-state index in [4.69, 9.17) is 10.6 Å². The first-order valence-corrected chi connectivity index (χ1v) is 13.4. The molecule has 0 aliphatic carbocycles. The summed E-state index contributed by atoms with van der Waals surface area (Å²) < 4.78 is 69.8. The maximum absolute atomic E-state index is 13.1. The Balaban J connectivity index is 2.40. The molecule has 0 saturated carbocycles. The number of carbonyl (C=O) groups excluding carboxylic acids is 1. The van der Waals surface area contributed by atoms with Crippen molar-refractivity contribution in [3.05, 3.63) is 17.7 Å². The van der Waals surface area contributed by atoms with Crippen molar-refractivity contribution in [2.24, 2.45) is 21.2 Å². The van der Waals surface area contributed by atoms with E-state index in [1.54, 1.807) is 39.5 Å². The second-order valence-electron chi connectivity index (χ2n) is 9.13. The number of anilines is 2. The number of benzene rings is 1. The van der Waals surface area contributed by atoms with Gasteiger partial charge in [0.1, 0.15) is 16.7 Å². The normalized spacial score (nSPS) is 18.2. The minimum Gasteiger partial charge on any atom is -0.455 e. The molecular weight excluding hydrogens is 521 g/mol. The molecule has 1 aromatic rings. The zero-order valence-electron chi connectivity index (χ0n) is 20.9. The van der Waals surface area contributed by atoms with E-state index in [-0.39, 0.29) is 22.5 Å². The SMILES string of the molecule is CCC1CCc2cc(N=NC(C)S/C(=N\N)C(=O)OC(C)(C)C)c(NS(=O)(=O)C(F)(F)F)cc2N1C. The molecule has 10 nitrogen and oxygen atoms in total. The van der Waals surface area contributed by atoms with Gasteiger partial charge in [-0.3, -0.25) is 4.72 Å². The first-order valence-electron chi connectivity index (χ1n) is 11.1. The molecule has 0 saturated heterocycles. The van der Waals surface area contributed by atoms with Crippen molar-refractivity contribution >= 4 is 49.9 Å². The maximum Gasteiger partial charge on any atom is 0.516 e. The van der Waals surface area contributed by atoms with Gasteiger partial charge in [0, 0.05) is 18.8 Å². The number of alkyl halides is 3. The molecule has 0 amide bonds. The number of rotatable bonds is 6. The van der Waals surface area contributed by atoms with Crippen LogP contribution < -0.4 is 15.5 Å². The zero-order chi connectivity index (χ0) is 27.5. The van der Waals surface area contributed by atoms with Crippen LogP contribution in [-0.2, 0) is 26.0 Å². The lowest BCUT2D eigenvalue weighted by Gasteiger charge is -2.36. The van der Waals surface area contributed by atoms with E-state index >= 15 is 0 Å². The summed E-state index contributed by atoms with van der Waals surface area (Å²) in [4.78, 5) is 14.1. The molecule has 36 heavy (non-hydrogen) atoms. The van der Waals surface area contributed by atoms with Gasteiger partial charge in [0.15, 0.2) is 0 Å². The van der Waals surface area contributed by atoms with Gasteiger partial charge in [-0.2, -0.15) is 36.9 Å². The number of nitrogens with one attached hydrogen (secondary N) is 1. The Bertz CT molecular complexity index is 1130. The summed E-state index contributed by atoms with van der Waals surface area (Å²) in [5.41, 5.74) is -5.36. The Morgan fingerprint density at radius 1 is 1.33 bits per heavy atom. The van der Waals surface area contributed by atoms with Crippen LogP contribution in [0.4, 0.5) is 30.2 Å². The highest BCUT2D eigenvalue weighted by Gasteiger charge is 2.46. The molecule has 1 heterocycles. The number of fused-ring (bicyclic) bond motifs is 1. The Labute approximate surface area is 213 Å². The number of hydrazone groups is 1. The van der Waals surface area contributed by atoms with Crippen LogP contribution in [0, 0.1) is 0 Å². The molecule has 3 N–H and O–H groups in total. The number of nitrogens with zero attached hydrogens (tertiary/aromatic N) is 4. The maximum atomic E-state index is 13.1. The van der Waals surface area contributed by atoms with Gasteiger partial charge >= 0.3 is 21.5 Å². The van der Waals surface area contributed by atoms with E-state index in [1.165, 1.54) is 12.1 Å². The second-order valence-corrected chi connectivity index (χ2v) is 12.1. The summed E-state index contributed by atoms with van der Waals surface area (Å²) in [6, 6.07) is 3.01. The quantitative estimate of drug-likeness (QED) is 0.128. The summed E-state index contributed by atoms with van der Waals surface area (Å²) in [6.07, 6.45) is 2.28. The topological polar surface area (TPSA) is 139 Å². The average molecular weight is 553 g/mol. The van der Waals surface area contributed by atoms with Gasteiger partial charge in [-0.15, -0.1) is 0 Å². The Morgan fingerprint density at radius 2 is 1.97 bits per heavy atom. The summed E-state index contributed by atoms with van der Waals surface area (Å²) in [5, 5.41) is 10.5. The smallest absolute Gasteiger partial charge is 0.455 e. The van der Waals surface area contributed by atoms with Crippen LogP contribution in [0.2, 0.25) is 0 Å². The highest BCUT2D eigenvalue weighted by Crippen LogP contribution is 2.40. The van der Waals surface area contributed by atoms with Crippen molar-refractivity contribution in [1.82, 2.24) is 0 Å². The van der Waals surface area contributed by atoms with Gasteiger partial charge in [-0.1, -0.05) is 18.7 Å². The molecule has 0 aromatic heterocycles. The Kier molecular flexibility index (Phi) is 9.26. The number of azo groups is 1.